The third kappa shape index (κ3) is 5.87. The van der Waals surface area contributed by atoms with Crippen LogP contribution in [0.15, 0.2) is 48.5 Å². The van der Waals surface area contributed by atoms with Crippen molar-refractivity contribution >= 4 is 33.2 Å². The number of ether oxygens (including phenoxy) is 1. The van der Waals surface area contributed by atoms with E-state index in [9.17, 15) is 13.2 Å². The molecule has 0 aliphatic rings. The van der Waals surface area contributed by atoms with Gasteiger partial charge in [-0.3, -0.25) is 9.10 Å². The van der Waals surface area contributed by atoms with E-state index in [-0.39, 0.29) is 5.91 Å². The number of carbonyl (C=O) groups excluding carboxylic acids is 1. The lowest BCUT2D eigenvalue weighted by Crippen LogP contribution is -2.48. The van der Waals surface area contributed by atoms with Gasteiger partial charge in [-0.2, -0.15) is 0 Å². The van der Waals surface area contributed by atoms with E-state index in [2.05, 4.69) is 5.32 Å². The number of methoxy groups -OCH3 is 1. The first-order valence-electron chi connectivity index (χ1n) is 8.88. The van der Waals surface area contributed by atoms with Gasteiger partial charge in [-0.1, -0.05) is 35.9 Å². The Morgan fingerprint density at radius 1 is 1.21 bits per heavy atom. The fourth-order valence-corrected chi connectivity index (χ4v) is 4.32. The molecule has 0 spiro atoms. The van der Waals surface area contributed by atoms with E-state index in [1.807, 2.05) is 24.3 Å². The van der Waals surface area contributed by atoms with E-state index in [1.54, 1.807) is 32.2 Å². The van der Waals surface area contributed by atoms with Crippen molar-refractivity contribution in [3.05, 3.63) is 59.1 Å². The molecule has 0 heterocycles. The number of anilines is 1. The molecule has 152 valence electrons. The SMILES string of the molecule is COc1ccccc1CCCNC(=O)C(C)N(c1cccc(Cl)c1)S(C)(=O)=O. The predicted molar refractivity (Wildman–Crippen MR) is 113 cm³/mol. The van der Waals surface area contributed by atoms with Gasteiger partial charge in [0.15, 0.2) is 0 Å². The normalized spacial score (nSPS) is 12.3. The summed E-state index contributed by atoms with van der Waals surface area (Å²) >= 11 is 5.98. The van der Waals surface area contributed by atoms with Crippen molar-refractivity contribution in [1.82, 2.24) is 5.32 Å². The van der Waals surface area contributed by atoms with Crippen molar-refractivity contribution in [3.63, 3.8) is 0 Å². The minimum absolute atomic E-state index is 0.353. The van der Waals surface area contributed by atoms with Crippen LogP contribution in [0.4, 0.5) is 5.69 Å². The number of nitrogens with one attached hydrogen (secondary N) is 1. The van der Waals surface area contributed by atoms with Gasteiger partial charge in [0.25, 0.3) is 0 Å². The van der Waals surface area contributed by atoms with Crippen molar-refractivity contribution in [2.75, 3.05) is 24.2 Å². The van der Waals surface area contributed by atoms with Crippen molar-refractivity contribution < 1.29 is 17.9 Å². The molecular formula is C20H25ClN2O4S. The quantitative estimate of drug-likeness (QED) is 0.627. The molecule has 2 rings (SSSR count). The standard InChI is InChI=1S/C20H25ClN2O4S/c1-15(23(28(3,25)26)18-11-6-10-17(21)14-18)20(24)22-13-7-9-16-8-4-5-12-19(16)27-2/h4-6,8,10-12,14-15H,7,9,13H2,1-3H3,(H,22,24). The van der Waals surface area contributed by atoms with Crippen LogP contribution < -0.4 is 14.4 Å². The van der Waals surface area contributed by atoms with E-state index < -0.39 is 16.1 Å². The van der Waals surface area contributed by atoms with Gasteiger partial charge in [-0.05, 0) is 49.6 Å². The predicted octanol–water partition coefficient (Wildman–Crippen LogP) is 3.25. The number of amides is 1. The Labute approximate surface area is 171 Å². The van der Waals surface area contributed by atoms with Crippen LogP contribution >= 0.6 is 11.6 Å². The molecule has 0 aromatic heterocycles. The fraction of sp³-hybridized carbons (Fsp3) is 0.350. The molecule has 8 heteroatoms. The Balaban J connectivity index is 1.99. The zero-order valence-corrected chi connectivity index (χ0v) is 17.8. The lowest BCUT2D eigenvalue weighted by molar-refractivity contribution is -0.121. The van der Waals surface area contributed by atoms with Gasteiger partial charge < -0.3 is 10.1 Å². The van der Waals surface area contributed by atoms with Gasteiger partial charge >= 0.3 is 0 Å². The number of rotatable bonds is 9. The summed E-state index contributed by atoms with van der Waals surface area (Å²) in [4.78, 5) is 12.5. The number of hydrogen-bond acceptors (Lipinski definition) is 4. The van der Waals surface area contributed by atoms with Crippen LogP contribution in [0.25, 0.3) is 0 Å². The summed E-state index contributed by atoms with van der Waals surface area (Å²) in [5.41, 5.74) is 1.41. The molecular weight excluding hydrogens is 400 g/mol. The molecule has 1 N–H and O–H groups in total. The molecule has 2 aromatic rings. The zero-order valence-electron chi connectivity index (χ0n) is 16.2. The van der Waals surface area contributed by atoms with Gasteiger partial charge in [0, 0.05) is 11.6 Å². The highest BCUT2D eigenvalue weighted by Crippen LogP contribution is 2.24. The van der Waals surface area contributed by atoms with Crippen LogP contribution in [0.5, 0.6) is 5.75 Å². The summed E-state index contributed by atoms with van der Waals surface area (Å²) in [6.07, 6.45) is 2.51. The van der Waals surface area contributed by atoms with E-state index in [1.165, 1.54) is 6.07 Å². The first kappa shape index (κ1) is 22.0. The smallest absolute Gasteiger partial charge is 0.243 e. The fourth-order valence-electron chi connectivity index (χ4n) is 2.97. The number of hydrogen-bond donors (Lipinski definition) is 1. The van der Waals surface area contributed by atoms with Crippen LogP contribution in [-0.4, -0.2) is 40.3 Å². The molecule has 0 aliphatic heterocycles. The first-order chi connectivity index (χ1) is 13.2. The summed E-state index contributed by atoms with van der Waals surface area (Å²) in [5, 5.41) is 3.21. The van der Waals surface area contributed by atoms with Crippen LogP contribution in [0, 0.1) is 0 Å². The highest BCUT2D eigenvalue weighted by atomic mass is 35.5. The van der Waals surface area contributed by atoms with Crippen LogP contribution in [-0.2, 0) is 21.2 Å². The lowest BCUT2D eigenvalue weighted by Gasteiger charge is -2.28. The van der Waals surface area contributed by atoms with Crippen molar-refractivity contribution in [3.8, 4) is 5.75 Å². The van der Waals surface area contributed by atoms with Gasteiger partial charge in [0.05, 0.1) is 19.1 Å². The minimum atomic E-state index is -3.66. The molecule has 0 radical (unpaired) electrons. The minimum Gasteiger partial charge on any atom is -0.496 e. The monoisotopic (exact) mass is 424 g/mol. The second kappa shape index (κ2) is 9.80. The summed E-state index contributed by atoms with van der Waals surface area (Å²) < 4.78 is 30.9. The maximum absolute atomic E-state index is 12.5. The summed E-state index contributed by atoms with van der Waals surface area (Å²) in [6, 6.07) is 13.2. The highest BCUT2D eigenvalue weighted by molar-refractivity contribution is 7.92. The van der Waals surface area contributed by atoms with E-state index >= 15 is 0 Å². The maximum atomic E-state index is 12.5. The molecule has 0 bridgehead atoms. The van der Waals surface area contributed by atoms with Crippen LogP contribution in [0.3, 0.4) is 0 Å². The number of sulfonamides is 1. The van der Waals surface area contributed by atoms with Crippen LogP contribution in [0.1, 0.15) is 18.9 Å². The molecule has 0 saturated carbocycles. The summed E-state index contributed by atoms with van der Waals surface area (Å²) in [5.74, 6) is 0.442. The molecule has 1 unspecified atom stereocenters. The number of aryl methyl sites for hydroxylation is 1. The molecule has 0 saturated heterocycles. The third-order valence-corrected chi connectivity index (χ3v) is 5.74. The van der Waals surface area contributed by atoms with Gasteiger partial charge in [0.1, 0.15) is 11.8 Å². The Hall–Kier alpha value is -2.25. The molecule has 2 aromatic carbocycles. The lowest BCUT2D eigenvalue weighted by atomic mass is 10.1. The maximum Gasteiger partial charge on any atom is 0.243 e. The number of nitrogens with zero attached hydrogens (tertiary/aromatic N) is 1. The topological polar surface area (TPSA) is 75.7 Å². The molecule has 0 fully saturated rings. The van der Waals surface area contributed by atoms with Gasteiger partial charge in [0.2, 0.25) is 15.9 Å². The number of halogens is 1. The largest absolute Gasteiger partial charge is 0.496 e. The number of benzene rings is 2. The Kier molecular flexibility index (Phi) is 7.71. The summed E-state index contributed by atoms with van der Waals surface area (Å²) in [7, 11) is -2.04. The van der Waals surface area contributed by atoms with Crippen molar-refractivity contribution in [1.29, 1.82) is 0 Å². The number of carbonyl (C=O) groups is 1. The van der Waals surface area contributed by atoms with E-state index in [0.717, 1.165) is 28.3 Å². The second-order valence-electron chi connectivity index (χ2n) is 6.42. The van der Waals surface area contributed by atoms with Gasteiger partial charge in [-0.25, -0.2) is 8.42 Å². The first-order valence-corrected chi connectivity index (χ1v) is 11.1. The Morgan fingerprint density at radius 3 is 2.57 bits per heavy atom. The second-order valence-corrected chi connectivity index (χ2v) is 8.72. The highest BCUT2D eigenvalue weighted by Gasteiger charge is 2.29. The van der Waals surface area contributed by atoms with E-state index in [0.29, 0.717) is 23.7 Å². The van der Waals surface area contributed by atoms with Crippen LogP contribution in [0.2, 0.25) is 5.02 Å². The molecule has 28 heavy (non-hydrogen) atoms. The molecule has 0 aliphatic carbocycles. The molecule has 6 nitrogen and oxygen atoms in total. The summed E-state index contributed by atoms with van der Waals surface area (Å²) in [6.45, 7) is 1.98. The molecule has 1 atom stereocenters. The Bertz CT molecular complexity index is 918. The average molecular weight is 425 g/mol. The molecule has 1 amide bonds. The third-order valence-electron chi connectivity index (χ3n) is 4.27. The number of para-hydroxylation sites is 1. The zero-order chi connectivity index (χ0) is 20.7. The van der Waals surface area contributed by atoms with Crippen molar-refractivity contribution in [2.45, 2.75) is 25.8 Å². The Morgan fingerprint density at radius 2 is 1.93 bits per heavy atom. The van der Waals surface area contributed by atoms with Crippen molar-refractivity contribution in [2.24, 2.45) is 0 Å². The average Bonchev–Trinajstić information content (AvgIpc) is 2.64. The van der Waals surface area contributed by atoms with Gasteiger partial charge in [-0.15, -0.1) is 0 Å². The van der Waals surface area contributed by atoms with E-state index in [4.69, 9.17) is 16.3 Å².